The third-order valence-electron chi connectivity index (χ3n) is 4.72. The Hall–Kier alpha value is -1.89. The minimum atomic E-state index is -1.18. The number of carboxylic acids is 1. The molecular weight excluding hydrogens is 340 g/mol. The van der Waals surface area contributed by atoms with E-state index in [2.05, 4.69) is 31.6 Å². The van der Waals surface area contributed by atoms with Gasteiger partial charge in [-0.2, -0.15) is 0 Å². The van der Waals surface area contributed by atoms with Crippen LogP contribution in [-0.4, -0.2) is 17.8 Å². The smallest absolute Gasteiger partial charge is 0.270 e. The van der Waals surface area contributed by atoms with Crippen LogP contribution in [0.5, 0.6) is 0 Å². The number of amides is 2. The summed E-state index contributed by atoms with van der Waals surface area (Å²) in [5.41, 5.74) is 6.73. The van der Waals surface area contributed by atoms with Gasteiger partial charge in [0.15, 0.2) is 0 Å². The van der Waals surface area contributed by atoms with E-state index in [1.165, 1.54) is 4.88 Å². The maximum absolute atomic E-state index is 12.3. The number of rotatable bonds is 5. The fourth-order valence-corrected chi connectivity index (χ4v) is 4.25. The van der Waals surface area contributed by atoms with Gasteiger partial charge in [0.25, 0.3) is 5.91 Å². The molecule has 1 aromatic rings. The maximum atomic E-state index is 12.3. The average Bonchev–Trinajstić information content (AvgIpc) is 2.94. The lowest BCUT2D eigenvalue weighted by Gasteiger charge is -2.34. The Kier molecular flexibility index (Phi) is 6.21. The summed E-state index contributed by atoms with van der Waals surface area (Å²) in [6.45, 7) is 6.75. The zero-order chi connectivity index (χ0) is 18.6. The van der Waals surface area contributed by atoms with Crippen LogP contribution >= 0.6 is 11.3 Å². The van der Waals surface area contributed by atoms with Crippen LogP contribution in [0.25, 0.3) is 0 Å². The molecule has 1 aliphatic carbocycles. The normalized spacial score (nSPS) is 16.8. The van der Waals surface area contributed by atoms with E-state index >= 15 is 0 Å². The van der Waals surface area contributed by atoms with Crippen molar-refractivity contribution in [2.45, 2.75) is 59.3 Å². The summed E-state index contributed by atoms with van der Waals surface area (Å²) in [4.78, 5) is 35.5. The van der Waals surface area contributed by atoms with Crippen LogP contribution in [0.3, 0.4) is 0 Å². The first-order valence-corrected chi connectivity index (χ1v) is 9.44. The van der Waals surface area contributed by atoms with Gasteiger partial charge in [-0.15, -0.1) is 11.3 Å². The lowest BCUT2D eigenvalue weighted by atomic mass is 9.72. The van der Waals surface area contributed by atoms with Crippen molar-refractivity contribution in [3.8, 4) is 0 Å². The number of hydrazine groups is 1. The molecule has 0 unspecified atom stereocenters. The number of carbonyl (C=O) groups is 3. The van der Waals surface area contributed by atoms with Gasteiger partial charge in [-0.1, -0.05) is 20.8 Å². The molecule has 25 heavy (non-hydrogen) atoms. The molecule has 0 bridgehead atoms. The molecule has 138 valence electrons. The van der Waals surface area contributed by atoms with Gasteiger partial charge in [0.2, 0.25) is 5.91 Å². The first kappa shape index (κ1) is 19.4. The number of carbonyl (C=O) groups excluding carboxylic acids is 3. The lowest BCUT2D eigenvalue weighted by Crippen LogP contribution is -2.42. The molecule has 0 aliphatic heterocycles. The van der Waals surface area contributed by atoms with Crippen LogP contribution in [0.15, 0.2) is 5.38 Å². The van der Waals surface area contributed by atoms with Crippen molar-refractivity contribution < 1.29 is 19.5 Å². The van der Waals surface area contributed by atoms with E-state index in [0.717, 1.165) is 24.8 Å². The number of thiophene rings is 1. The van der Waals surface area contributed by atoms with Crippen LogP contribution in [0.4, 0.5) is 0 Å². The van der Waals surface area contributed by atoms with E-state index < -0.39 is 11.9 Å². The third kappa shape index (κ3) is 5.29. The minimum absolute atomic E-state index is 0.0310. The van der Waals surface area contributed by atoms with Crippen molar-refractivity contribution in [3.05, 3.63) is 21.4 Å². The van der Waals surface area contributed by atoms with Crippen molar-refractivity contribution in [2.24, 2.45) is 11.3 Å². The van der Waals surface area contributed by atoms with Crippen molar-refractivity contribution in [2.75, 3.05) is 0 Å². The van der Waals surface area contributed by atoms with E-state index in [-0.39, 0.29) is 30.6 Å². The Balaban J connectivity index is 1.89. The molecule has 6 nitrogen and oxygen atoms in total. The highest BCUT2D eigenvalue weighted by molar-refractivity contribution is 7.10. The fraction of sp³-hybridized carbons (Fsp3) is 0.611. The number of fused-ring (bicyclic) bond motifs is 1. The van der Waals surface area contributed by atoms with Crippen molar-refractivity contribution in [1.29, 1.82) is 0 Å². The third-order valence-corrected chi connectivity index (χ3v) is 5.78. The summed E-state index contributed by atoms with van der Waals surface area (Å²) in [5, 5.41) is 12.2. The summed E-state index contributed by atoms with van der Waals surface area (Å²) in [7, 11) is 0. The number of carboxylic acid groups (broad SMARTS) is 1. The molecule has 2 amide bonds. The second-order valence-corrected chi connectivity index (χ2v) is 8.55. The Morgan fingerprint density at radius 1 is 1.24 bits per heavy atom. The molecule has 1 heterocycles. The van der Waals surface area contributed by atoms with Gasteiger partial charge in [-0.3, -0.25) is 20.4 Å². The van der Waals surface area contributed by atoms with E-state index in [4.69, 9.17) is 0 Å². The monoisotopic (exact) mass is 365 g/mol. The average molecular weight is 365 g/mol. The van der Waals surface area contributed by atoms with E-state index in [1.54, 1.807) is 11.3 Å². The highest BCUT2D eigenvalue weighted by Crippen LogP contribution is 2.40. The summed E-state index contributed by atoms with van der Waals surface area (Å²) in [6.07, 6.45) is 2.97. The van der Waals surface area contributed by atoms with Gasteiger partial charge in [0.05, 0.1) is 5.56 Å². The van der Waals surface area contributed by atoms with Crippen LogP contribution in [0, 0.1) is 11.3 Å². The molecule has 1 aromatic heterocycles. The first-order valence-electron chi connectivity index (χ1n) is 8.56. The predicted octanol–water partition coefficient (Wildman–Crippen LogP) is 1.58. The second kappa shape index (κ2) is 7.99. The molecule has 2 rings (SSSR count). The Labute approximate surface area is 152 Å². The number of nitrogens with one attached hydrogen (secondary N) is 2. The van der Waals surface area contributed by atoms with Crippen molar-refractivity contribution in [3.63, 3.8) is 0 Å². The molecule has 2 N–H and O–H groups in total. The van der Waals surface area contributed by atoms with Crippen LogP contribution in [0.2, 0.25) is 0 Å². The topological polar surface area (TPSA) is 98.3 Å². The molecule has 0 saturated heterocycles. The van der Waals surface area contributed by atoms with Gasteiger partial charge in [0.1, 0.15) is 0 Å². The quantitative estimate of drug-likeness (QED) is 0.774. The maximum Gasteiger partial charge on any atom is 0.270 e. The minimum Gasteiger partial charge on any atom is -0.550 e. The fourth-order valence-electron chi connectivity index (χ4n) is 3.09. The zero-order valence-corrected chi connectivity index (χ0v) is 15.8. The highest BCUT2D eigenvalue weighted by Gasteiger charge is 2.31. The number of hydrogen-bond acceptors (Lipinski definition) is 5. The molecule has 0 radical (unpaired) electrons. The Bertz CT molecular complexity index is 661. The summed E-state index contributed by atoms with van der Waals surface area (Å²) in [6, 6.07) is 0. The molecule has 1 atom stereocenters. The van der Waals surface area contributed by atoms with Gasteiger partial charge in [-0.05, 0) is 49.0 Å². The molecular formula is C18H25N2O4S-. The standard InChI is InChI=1S/C18H26N2O4S/c1-18(2,3)11-7-8-12-13(10-25-14(12)9-11)17(24)20-19-15(21)5-4-6-16(22)23/h10-11H,4-9H2,1-3H3,(H,19,21)(H,20,24)(H,22,23)/p-1/t11-/m1/s1. The zero-order valence-electron chi connectivity index (χ0n) is 14.9. The second-order valence-electron chi connectivity index (χ2n) is 7.58. The predicted molar refractivity (Wildman–Crippen MR) is 93.8 cm³/mol. The largest absolute Gasteiger partial charge is 0.550 e. The van der Waals surface area contributed by atoms with Gasteiger partial charge < -0.3 is 9.90 Å². The van der Waals surface area contributed by atoms with E-state index in [1.807, 2.05) is 5.38 Å². The first-order chi connectivity index (χ1) is 11.7. The number of aliphatic carboxylic acids is 1. The molecule has 7 heteroatoms. The van der Waals surface area contributed by atoms with Gasteiger partial charge in [-0.25, -0.2) is 0 Å². The SMILES string of the molecule is CC(C)(C)[C@@H]1CCc2c(C(=O)NNC(=O)CCCC(=O)[O-])csc2C1. The van der Waals surface area contributed by atoms with Crippen LogP contribution in [0.1, 0.15) is 67.3 Å². The molecule has 1 aliphatic rings. The van der Waals surface area contributed by atoms with E-state index in [0.29, 0.717) is 11.5 Å². The van der Waals surface area contributed by atoms with Gasteiger partial charge >= 0.3 is 0 Å². The summed E-state index contributed by atoms with van der Waals surface area (Å²) in [5.74, 6) is -1.31. The molecule has 0 fully saturated rings. The summed E-state index contributed by atoms with van der Waals surface area (Å²) < 4.78 is 0. The number of hydrogen-bond donors (Lipinski definition) is 2. The highest BCUT2D eigenvalue weighted by atomic mass is 32.1. The van der Waals surface area contributed by atoms with Crippen molar-refractivity contribution in [1.82, 2.24) is 10.9 Å². The molecule has 0 aromatic carbocycles. The summed E-state index contributed by atoms with van der Waals surface area (Å²) >= 11 is 1.61. The van der Waals surface area contributed by atoms with Crippen molar-refractivity contribution >= 4 is 29.1 Å². The lowest BCUT2D eigenvalue weighted by molar-refractivity contribution is -0.305. The Morgan fingerprint density at radius 3 is 2.60 bits per heavy atom. The Morgan fingerprint density at radius 2 is 1.96 bits per heavy atom. The molecule has 0 spiro atoms. The van der Waals surface area contributed by atoms with Gasteiger partial charge in [0, 0.05) is 22.6 Å². The molecule has 0 saturated carbocycles. The van der Waals surface area contributed by atoms with E-state index in [9.17, 15) is 19.5 Å². The van der Waals surface area contributed by atoms with Crippen LogP contribution < -0.4 is 16.0 Å². The van der Waals surface area contributed by atoms with Crippen LogP contribution in [-0.2, 0) is 22.4 Å².